The molecule has 1 aliphatic heterocycles. The Kier molecular flexibility index (Phi) is 4.38. The van der Waals surface area contributed by atoms with Crippen LogP contribution >= 0.6 is 11.3 Å². The summed E-state index contributed by atoms with van der Waals surface area (Å²) in [5.74, 6) is 1.62. The summed E-state index contributed by atoms with van der Waals surface area (Å²) < 4.78 is 19.8. The van der Waals surface area contributed by atoms with Crippen molar-refractivity contribution in [3.8, 4) is 17.2 Å². The van der Waals surface area contributed by atoms with Crippen LogP contribution in [0.25, 0.3) is 10.2 Å². The zero-order valence-corrected chi connectivity index (χ0v) is 15.3. The van der Waals surface area contributed by atoms with E-state index in [1.165, 1.54) is 11.3 Å². The zero-order valence-electron chi connectivity index (χ0n) is 14.5. The minimum absolute atomic E-state index is 0.152. The van der Waals surface area contributed by atoms with E-state index in [1.807, 2.05) is 47.9 Å². The monoisotopic (exact) mass is 370 g/mol. The van der Waals surface area contributed by atoms with Gasteiger partial charge >= 0.3 is 0 Å². The first-order valence-corrected chi connectivity index (χ1v) is 9.16. The van der Waals surface area contributed by atoms with Gasteiger partial charge in [0.2, 0.25) is 6.10 Å². The second-order valence-electron chi connectivity index (χ2n) is 5.75. The van der Waals surface area contributed by atoms with Crippen LogP contribution in [0, 0.1) is 0 Å². The molecule has 0 aliphatic carbocycles. The zero-order chi connectivity index (χ0) is 18.1. The molecular formula is C19H18N2O4S. The number of ether oxygens (including phenoxy) is 3. The summed E-state index contributed by atoms with van der Waals surface area (Å²) in [5, 5.41) is 0. The first kappa shape index (κ1) is 16.7. The minimum Gasteiger partial charge on any atom is -0.495 e. The molecule has 2 aromatic carbocycles. The van der Waals surface area contributed by atoms with Gasteiger partial charge < -0.3 is 18.8 Å². The molecular weight excluding hydrogens is 352 g/mol. The Morgan fingerprint density at radius 3 is 2.85 bits per heavy atom. The summed E-state index contributed by atoms with van der Waals surface area (Å²) in [4.78, 5) is 17.6. The van der Waals surface area contributed by atoms with Gasteiger partial charge in [0.05, 0.1) is 11.8 Å². The Labute approximate surface area is 154 Å². The van der Waals surface area contributed by atoms with Crippen molar-refractivity contribution in [2.45, 2.75) is 19.6 Å². The Balaban J connectivity index is 1.71. The number of methoxy groups -OCH3 is 1. The maximum absolute atomic E-state index is 12.7. The summed E-state index contributed by atoms with van der Waals surface area (Å²) in [7, 11) is 1.64. The van der Waals surface area contributed by atoms with Gasteiger partial charge in [0.25, 0.3) is 5.91 Å². The molecule has 1 amide bonds. The summed E-state index contributed by atoms with van der Waals surface area (Å²) in [6, 6.07) is 13.1. The van der Waals surface area contributed by atoms with E-state index in [2.05, 4.69) is 4.99 Å². The van der Waals surface area contributed by atoms with Crippen LogP contribution in [-0.4, -0.2) is 30.3 Å². The lowest BCUT2D eigenvalue weighted by atomic mass is 10.2. The molecule has 7 heteroatoms. The lowest BCUT2D eigenvalue weighted by molar-refractivity contribution is -0.127. The highest BCUT2D eigenvalue weighted by molar-refractivity contribution is 7.16. The van der Waals surface area contributed by atoms with Gasteiger partial charge in [0.1, 0.15) is 17.9 Å². The minimum atomic E-state index is -0.748. The Hall–Kier alpha value is -2.80. The number of rotatable bonds is 3. The highest BCUT2D eigenvalue weighted by atomic mass is 32.1. The molecule has 26 heavy (non-hydrogen) atoms. The number of carbonyl (C=O) groups excluding carboxylic acids is 1. The van der Waals surface area contributed by atoms with E-state index in [1.54, 1.807) is 13.2 Å². The van der Waals surface area contributed by atoms with Crippen molar-refractivity contribution >= 4 is 27.5 Å². The number of carbonyl (C=O) groups is 1. The van der Waals surface area contributed by atoms with Gasteiger partial charge in [0, 0.05) is 6.54 Å². The third kappa shape index (κ3) is 2.84. The number of fused-ring (bicyclic) bond motifs is 2. The molecule has 4 rings (SSSR count). The van der Waals surface area contributed by atoms with Gasteiger partial charge in [-0.1, -0.05) is 29.5 Å². The maximum atomic E-state index is 12.7. The molecule has 0 fully saturated rings. The number of benzene rings is 2. The quantitative estimate of drug-likeness (QED) is 0.711. The predicted molar refractivity (Wildman–Crippen MR) is 99.0 cm³/mol. The van der Waals surface area contributed by atoms with E-state index in [0.29, 0.717) is 22.8 Å². The first-order chi connectivity index (χ1) is 12.7. The third-order valence-corrected chi connectivity index (χ3v) is 5.23. The fourth-order valence-corrected chi connectivity index (χ4v) is 4.07. The largest absolute Gasteiger partial charge is 0.495 e. The van der Waals surface area contributed by atoms with Crippen molar-refractivity contribution < 1.29 is 19.0 Å². The Morgan fingerprint density at radius 1 is 1.27 bits per heavy atom. The Morgan fingerprint density at radius 2 is 2.08 bits per heavy atom. The molecule has 0 spiro atoms. The summed E-state index contributed by atoms with van der Waals surface area (Å²) >= 11 is 1.46. The van der Waals surface area contributed by atoms with Crippen LogP contribution in [0.1, 0.15) is 6.92 Å². The second kappa shape index (κ2) is 6.84. The van der Waals surface area contributed by atoms with Crippen molar-refractivity contribution in [1.29, 1.82) is 0 Å². The molecule has 0 N–H and O–H groups in total. The number of hydrogen-bond donors (Lipinski definition) is 0. The van der Waals surface area contributed by atoms with Gasteiger partial charge in [0.15, 0.2) is 16.3 Å². The molecule has 134 valence electrons. The standard InChI is InChI=1S/C19H18N2O4S/c1-3-21-17-14(23-2)9-6-10-16(17)26-19(21)20-18(22)15-11-24-12-7-4-5-8-13(12)25-15/h4-10,15H,3,11H2,1-2H3/t15-/m1/s1. The van der Waals surface area contributed by atoms with Crippen LogP contribution < -0.4 is 19.0 Å². The van der Waals surface area contributed by atoms with E-state index < -0.39 is 6.10 Å². The molecule has 0 saturated carbocycles. The van der Waals surface area contributed by atoms with Crippen molar-refractivity contribution in [1.82, 2.24) is 4.57 Å². The van der Waals surface area contributed by atoms with Crippen molar-refractivity contribution in [3.05, 3.63) is 47.3 Å². The van der Waals surface area contributed by atoms with Crippen molar-refractivity contribution in [2.24, 2.45) is 4.99 Å². The number of amides is 1. The highest BCUT2D eigenvalue weighted by Crippen LogP contribution is 2.31. The van der Waals surface area contributed by atoms with E-state index in [0.717, 1.165) is 16.0 Å². The average Bonchev–Trinajstić information content (AvgIpc) is 3.04. The molecule has 2 heterocycles. The smallest absolute Gasteiger partial charge is 0.292 e. The van der Waals surface area contributed by atoms with Gasteiger partial charge in [-0.15, -0.1) is 0 Å². The highest BCUT2D eigenvalue weighted by Gasteiger charge is 2.27. The number of hydrogen-bond acceptors (Lipinski definition) is 5. The van der Waals surface area contributed by atoms with Gasteiger partial charge in [-0.3, -0.25) is 4.79 Å². The number of aryl methyl sites for hydroxylation is 1. The van der Waals surface area contributed by atoms with E-state index in [9.17, 15) is 4.79 Å². The van der Waals surface area contributed by atoms with Crippen LogP contribution in [-0.2, 0) is 11.3 Å². The van der Waals surface area contributed by atoms with Crippen molar-refractivity contribution in [3.63, 3.8) is 0 Å². The second-order valence-corrected chi connectivity index (χ2v) is 6.76. The van der Waals surface area contributed by atoms with Crippen molar-refractivity contribution in [2.75, 3.05) is 13.7 Å². The third-order valence-electron chi connectivity index (χ3n) is 4.19. The Bertz CT molecular complexity index is 1040. The fraction of sp³-hybridized carbons (Fsp3) is 0.263. The summed E-state index contributed by atoms with van der Waals surface area (Å²) in [6.45, 7) is 2.84. The average molecular weight is 370 g/mol. The molecule has 3 aromatic rings. The van der Waals surface area contributed by atoms with Crippen LogP contribution in [0.2, 0.25) is 0 Å². The summed E-state index contributed by atoms with van der Waals surface area (Å²) in [5.41, 5.74) is 0.945. The van der Waals surface area contributed by atoms with Crippen LogP contribution in [0.4, 0.5) is 0 Å². The molecule has 6 nitrogen and oxygen atoms in total. The maximum Gasteiger partial charge on any atom is 0.292 e. The number of para-hydroxylation sites is 3. The van der Waals surface area contributed by atoms with E-state index in [-0.39, 0.29) is 12.5 Å². The number of nitrogens with zero attached hydrogens (tertiary/aromatic N) is 2. The topological polar surface area (TPSA) is 62.1 Å². The van der Waals surface area contributed by atoms with Crippen LogP contribution in [0.3, 0.4) is 0 Å². The van der Waals surface area contributed by atoms with Gasteiger partial charge in [-0.05, 0) is 31.2 Å². The van der Waals surface area contributed by atoms with Gasteiger partial charge in [-0.25, -0.2) is 0 Å². The van der Waals surface area contributed by atoms with E-state index >= 15 is 0 Å². The lowest BCUT2D eigenvalue weighted by Gasteiger charge is -2.23. The molecule has 0 bridgehead atoms. The molecule has 1 atom stereocenters. The number of thiazole rings is 1. The van der Waals surface area contributed by atoms with Gasteiger partial charge in [-0.2, -0.15) is 4.99 Å². The van der Waals surface area contributed by atoms with Crippen LogP contribution in [0.5, 0.6) is 17.2 Å². The SMILES string of the molecule is CCn1c(=NC(=O)[C@H]2COc3ccccc3O2)sc2cccc(OC)c21. The normalized spacial score (nSPS) is 16.7. The van der Waals surface area contributed by atoms with Crippen LogP contribution in [0.15, 0.2) is 47.5 Å². The fourth-order valence-electron chi connectivity index (χ4n) is 2.95. The summed E-state index contributed by atoms with van der Waals surface area (Å²) in [6.07, 6.45) is -0.748. The molecule has 0 unspecified atom stereocenters. The number of aromatic nitrogens is 1. The molecule has 1 aliphatic rings. The molecule has 0 radical (unpaired) electrons. The predicted octanol–water partition coefficient (Wildman–Crippen LogP) is 3.00. The van der Waals surface area contributed by atoms with E-state index in [4.69, 9.17) is 14.2 Å². The molecule has 1 aromatic heterocycles. The first-order valence-electron chi connectivity index (χ1n) is 8.34. The lowest BCUT2D eigenvalue weighted by Crippen LogP contribution is -2.36. The molecule has 0 saturated heterocycles.